The Labute approximate surface area is 121 Å². The smallest absolute Gasteiger partial charge is 0.326 e. The number of carbonyl (C=O) groups is 2. The highest BCUT2D eigenvalue weighted by atomic mass is 16.6. The van der Waals surface area contributed by atoms with Crippen molar-refractivity contribution in [2.24, 2.45) is 5.92 Å². The molecule has 2 atom stereocenters. The maximum absolute atomic E-state index is 11.7. The molecule has 0 bridgehead atoms. The van der Waals surface area contributed by atoms with Gasteiger partial charge in [0.05, 0.1) is 4.92 Å². The third kappa shape index (κ3) is 4.75. The normalized spacial score (nSPS) is 13.0. The molecule has 0 aromatic heterocycles. The lowest BCUT2D eigenvalue weighted by molar-refractivity contribution is -0.384. The van der Waals surface area contributed by atoms with Crippen LogP contribution in [0.25, 0.3) is 0 Å². The quantitative estimate of drug-likeness (QED) is 0.548. The first kappa shape index (κ1) is 16.4. The second kappa shape index (κ2) is 7.22. The molecule has 3 N–H and O–H groups in total. The molecule has 0 saturated heterocycles. The number of urea groups is 1. The predicted octanol–water partition coefficient (Wildman–Crippen LogP) is 2.22. The zero-order chi connectivity index (χ0) is 16.0. The summed E-state index contributed by atoms with van der Waals surface area (Å²) in [6.07, 6.45) is 0.606. The molecular formula is C13H17N3O5. The van der Waals surface area contributed by atoms with Crippen LogP contribution in [0.15, 0.2) is 24.3 Å². The van der Waals surface area contributed by atoms with Crippen molar-refractivity contribution < 1.29 is 19.6 Å². The Morgan fingerprint density at radius 2 is 1.90 bits per heavy atom. The van der Waals surface area contributed by atoms with Gasteiger partial charge in [0, 0.05) is 17.8 Å². The number of rotatable bonds is 6. The van der Waals surface area contributed by atoms with Crippen molar-refractivity contribution in [3.8, 4) is 0 Å². The van der Waals surface area contributed by atoms with Gasteiger partial charge in [-0.15, -0.1) is 0 Å². The Morgan fingerprint density at radius 3 is 2.33 bits per heavy atom. The van der Waals surface area contributed by atoms with Crippen LogP contribution in [0.4, 0.5) is 16.2 Å². The molecule has 1 aromatic rings. The summed E-state index contributed by atoms with van der Waals surface area (Å²) in [4.78, 5) is 32.8. The van der Waals surface area contributed by atoms with Crippen LogP contribution in [-0.4, -0.2) is 28.1 Å². The van der Waals surface area contributed by atoms with Gasteiger partial charge in [-0.1, -0.05) is 20.3 Å². The number of non-ortho nitro benzene ring substituents is 1. The van der Waals surface area contributed by atoms with Crippen molar-refractivity contribution in [2.75, 3.05) is 5.32 Å². The van der Waals surface area contributed by atoms with Gasteiger partial charge in [-0.25, -0.2) is 9.59 Å². The number of nitro groups is 1. The van der Waals surface area contributed by atoms with E-state index in [9.17, 15) is 19.7 Å². The molecule has 0 aliphatic carbocycles. The average molecular weight is 295 g/mol. The minimum atomic E-state index is -1.11. The number of hydrogen-bond acceptors (Lipinski definition) is 4. The van der Waals surface area contributed by atoms with Crippen LogP contribution in [0.1, 0.15) is 20.3 Å². The van der Waals surface area contributed by atoms with E-state index < -0.39 is 23.0 Å². The first-order valence-electron chi connectivity index (χ1n) is 6.40. The van der Waals surface area contributed by atoms with E-state index in [1.54, 1.807) is 6.92 Å². The van der Waals surface area contributed by atoms with Crippen LogP contribution >= 0.6 is 0 Å². The number of anilines is 1. The summed E-state index contributed by atoms with van der Waals surface area (Å²) in [5.74, 6) is -1.33. The maximum atomic E-state index is 11.7. The monoisotopic (exact) mass is 295 g/mol. The van der Waals surface area contributed by atoms with E-state index in [0.717, 1.165) is 0 Å². The molecule has 1 aromatic carbocycles. The van der Waals surface area contributed by atoms with E-state index in [-0.39, 0.29) is 11.6 Å². The molecule has 0 spiro atoms. The largest absolute Gasteiger partial charge is 0.480 e. The summed E-state index contributed by atoms with van der Waals surface area (Å²) in [5.41, 5.74) is 0.246. The number of nitrogens with one attached hydrogen (secondary N) is 2. The minimum absolute atomic E-state index is 0.0935. The summed E-state index contributed by atoms with van der Waals surface area (Å²) in [6, 6.07) is 3.58. The zero-order valence-corrected chi connectivity index (χ0v) is 11.7. The lowest BCUT2D eigenvalue weighted by Gasteiger charge is -2.20. The molecule has 114 valence electrons. The number of carboxylic acids is 1. The van der Waals surface area contributed by atoms with Crippen molar-refractivity contribution in [1.29, 1.82) is 0 Å². The van der Waals surface area contributed by atoms with Crippen LogP contribution in [0.5, 0.6) is 0 Å². The van der Waals surface area contributed by atoms with Crippen molar-refractivity contribution in [3.05, 3.63) is 34.4 Å². The van der Waals surface area contributed by atoms with E-state index in [4.69, 9.17) is 5.11 Å². The van der Waals surface area contributed by atoms with Gasteiger partial charge in [0.2, 0.25) is 0 Å². The molecule has 0 heterocycles. The highest BCUT2D eigenvalue weighted by Gasteiger charge is 2.25. The van der Waals surface area contributed by atoms with Gasteiger partial charge in [0.15, 0.2) is 0 Å². The van der Waals surface area contributed by atoms with E-state index in [2.05, 4.69) is 10.6 Å². The molecule has 1 rings (SSSR count). The number of hydrogen-bond donors (Lipinski definition) is 3. The van der Waals surface area contributed by atoms with Crippen molar-refractivity contribution in [2.45, 2.75) is 26.3 Å². The summed E-state index contributed by atoms with van der Waals surface area (Å²) in [7, 11) is 0. The first-order valence-corrected chi connectivity index (χ1v) is 6.40. The number of carboxylic acid groups (broad SMARTS) is 1. The molecule has 2 amide bonds. The topological polar surface area (TPSA) is 122 Å². The van der Waals surface area contributed by atoms with Crippen LogP contribution in [-0.2, 0) is 4.79 Å². The molecule has 0 aliphatic heterocycles. The van der Waals surface area contributed by atoms with Gasteiger partial charge in [0.25, 0.3) is 5.69 Å². The fourth-order valence-electron chi connectivity index (χ4n) is 1.66. The number of nitro benzene ring substituents is 1. The average Bonchev–Trinajstić information content (AvgIpc) is 2.44. The van der Waals surface area contributed by atoms with Crippen LogP contribution in [0.2, 0.25) is 0 Å². The van der Waals surface area contributed by atoms with E-state index in [0.29, 0.717) is 12.1 Å². The number of amides is 2. The molecule has 0 unspecified atom stereocenters. The zero-order valence-electron chi connectivity index (χ0n) is 11.7. The van der Waals surface area contributed by atoms with Gasteiger partial charge in [-0.3, -0.25) is 10.1 Å². The lowest BCUT2D eigenvalue weighted by Crippen LogP contribution is -2.46. The summed E-state index contributed by atoms with van der Waals surface area (Å²) in [6.45, 7) is 3.56. The summed E-state index contributed by atoms with van der Waals surface area (Å²) in [5, 5.41) is 24.4. The molecule has 0 radical (unpaired) electrons. The standard InChI is InChI=1S/C13H17N3O5/c1-3-8(2)11(12(17)18)15-13(19)14-9-4-6-10(7-5-9)16(20)21/h4-8,11H,3H2,1-2H3,(H,17,18)(H2,14,15,19)/t8-,11-/m0/s1. The third-order valence-corrected chi connectivity index (χ3v) is 3.10. The fraction of sp³-hybridized carbons (Fsp3) is 0.385. The van der Waals surface area contributed by atoms with Crippen molar-refractivity contribution in [3.63, 3.8) is 0 Å². The molecule has 0 aliphatic rings. The number of aliphatic carboxylic acids is 1. The lowest BCUT2D eigenvalue weighted by atomic mass is 9.99. The highest BCUT2D eigenvalue weighted by molar-refractivity contribution is 5.92. The first-order chi connectivity index (χ1) is 9.85. The Balaban J connectivity index is 2.67. The van der Waals surface area contributed by atoms with Gasteiger partial charge in [0.1, 0.15) is 6.04 Å². The van der Waals surface area contributed by atoms with Gasteiger partial charge >= 0.3 is 12.0 Å². The minimum Gasteiger partial charge on any atom is -0.480 e. The molecule has 21 heavy (non-hydrogen) atoms. The maximum Gasteiger partial charge on any atom is 0.326 e. The second-order valence-electron chi connectivity index (χ2n) is 4.60. The number of carbonyl (C=O) groups excluding carboxylic acids is 1. The van der Waals surface area contributed by atoms with Crippen molar-refractivity contribution >= 4 is 23.4 Å². The summed E-state index contributed by atoms with van der Waals surface area (Å²) < 4.78 is 0. The van der Waals surface area contributed by atoms with Crippen LogP contribution in [0, 0.1) is 16.0 Å². The Bertz CT molecular complexity index is 529. The van der Waals surface area contributed by atoms with E-state index in [1.165, 1.54) is 24.3 Å². The van der Waals surface area contributed by atoms with Gasteiger partial charge in [-0.2, -0.15) is 0 Å². The molecule has 8 nitrogen and oxygen atoms in total. The van der Waals surface area contributed by atoms with Crippen molar-refractivity contribution in [1.82, 2.24) is 5.32 Å². The number of nitrogens with zero attached hydrogens (tertiary/aromatic N) is 1. The molecular weight excluding hydrogens is 278 g/mol. The second-order valence-corrected chi connectivity index (χ2v) is 4.60. The van der Waals surface area contributed by atoms with E-state index in [1.807, 2.05) is 6.92 Å². The summed E-state index contributed by atoms with van der Waals surface area (Å²) >= 11 is 0. The predicted molar refractivity (Wildman–Crippen MR) is 76.1 cm³/mol. The van der Waals surface area contributed by atoms with Crippen LogP contribution < -0.4 is 10.6 Å². The fourth-order valence-corrected chi connectivity index (χ4v) is 1.66. The molecule has 8 heteroatoms. The Morgan fingerprint density at radius 1 is 1.33 bits per heavy atom. The molecule has 0 saturated carbocycles. The Kier molecular flexibility index (Phi) is 5.65. The Hall–Kier alpha value is -2.64. The van der Waals surface area contributed by atoms with Gasteiger partial charge < -0.3 is 15.7 Å². The van der Waals surface area contributed by atoms with Crippen LogP contribution in [0.3, 0.4) is 0 Å². The highest BCUT2D eigenvalue weighted by Crippen LogP contribution is 2.15. The van der Waals surface area contributed by atoms with E-state index >= 15 is 0 Å². The van der Waals surface area contributed by atoms with Gasteiger partial charge in [-0.05, 0) is 18.1 Å². The SMILES string of the molecule is CC[C@H](C)[C@H](NC(=O)Nc1ccc([N+](=O)[O-])cc1)C(=O)O. The molecule has 0 fully saturated rings. The third-order valence-electron chi connectivity index (χ3n) is 3.10. The number of benzene rings is 1.